The van der Waals surface area contributed by atoms with Gasteiger partial charge in [-0.15, -0.1) is 0 Å². The first-order chi connectivity index (χ1) is 9.29. The molecule has 1 heterocycles. The summed E-state index contributed by atoms with van der Waals surface area (Å²) in [6.07, 6.45) is 3.00. The van der Waals surface area contributed by atoms with E-state index in [4.69, 9.17) is 10.5 Å². The minimum absolute atomic E-state index is 0.203. The van der Waals surface area contributed by atoms with E-state index >= 15 is 0 Å². The monoisotopic (exact) mass is 262 g/mol. The molecule has 0 aliphatic carbocycles. The smallest absolute Gasteiger partial charge is 0.410 e. The Hall–Kier alpha value is -1.55. The summed E-state index contributed by atoms with van der Waals surface area (Å²) >= 11 is 0. The zero-order chi connectivity index (χ0) is 13.5. The number of nitrogens with two attached hydrogens (primary N) is 1. The van der Waals surface area contributed by atoms with Gasteiger partial charge < -0.3 is 15.4 Å². The van der Waals surface area contributed by atoms with Gasteiger partial charge in [0.25, 0.3) is 0 Å². The Morgan fingerprint density at radius 3 is 2.89 bits per heavy atom. The molecule has 4 nitrogen and oxygen atoms in total. The molecule has 1 aromatic carbocycles. The molecule has 1 amide bonds. The van der Waals surface area contributed by atoms with Crippen molar-refractivity contribution in [2.45, 2.75) is 25.9 Å². The van der Waals surface area contributed by atoms with Crippen molar-refractivity contribution >= 4 is 6.09 Å². The van der Waals surface area contributed by atoms with Gasteiger partial charge in [0.1, 0.15) is 6.61 Å². The number of nitrogens with zero attached hydrogens (tertiary/aromatic N) is 1. The summed E-state index contributed by atoms with van der Waals surface area (Å²) in [6, 6.07) is 9.76. The summed E-state index contributed by atoms with van der Waals surface area (Å²) in [7, 11) is 0. The number of hydrogen-bond acceptors (Lipinski definition) is 3. The van der Waals surface area contributed by atoms with E-state index in [-0.39, 0.29) is 6.09 Å². The van der Waals surface area contributed by atoms with Crippen LogP contribution in [0.2, 0.25) is 0 Å². The van der Waals surface area contributed by atoms with Crippen LogP contribution in [0.3, 0.4) is 0 Å². The third-order valence-corrected chi connectivity index (χ3v) is 3.56. The highest BCUT2D eigenvalue weighted by molar-refractivity contribution is 5.67. The van der Waals surface area contributed by atoms with Gasteiger partial charge in [-0.3, -0.25) is 0 Å². The number of likely N-dealkylation sites (tertiary alicyclic amines) is 1. The molecule has 1 atom stereocenters. The van der Waals surface area contributed by atoms with Gasteiger partial charge in [-0.1, -0.05) is 30.3 Å². The van der Waals surface area contributed by atoms with E-state index in [1.54, 1.807) is 0 Å². The maximum absolute atomic E-state index is 12.0. The van der Waals surface area contributed by atoms with Gasteiger partial charge in [-0.05, 0) is 37.3 Å². The van der Waals surface area contributed by atoms with E-state index < -0.39 is 0 Å². The third kappa shape index (κ3) is 4.24. The highest BCUT2D eigenvalue weighted by Gasteiger charge is 2.23. The maximum Gasteiger partial charge on any atom is 0.410 e. The molecule has 104 valence electrons. The number of benzene rings is 1. The molecule has 2 rings (SSSR count). The van der Waals surface area contributed by atoms with Crippen LogP contribution in [0.5, 0.6) is 0 Å². The molecule has 1 fully saturated rings. The third-order valence-electron chi connectivity index (χ3n) is 3.56. The lowest BCUT2D eigenvalue weighted by Gasteiger charge is -2.31. The normalized spacial score (nSPS) is 19.2. The van der Waals surface area contributed by atoms with Gasteiger partial charge in [0, 0.05) is 13.1 Å². The first kappa shape index (κ1) is 13.9. The van der Waals surface area contributed by atoms with Crippen molar-refractivity contribution in [2.24, 2.45) is 11.7 Å². The molecule has 0 spiro atoms. The van der Waals surface area contributed by atoms with E-state index in [9.17, 15) is 4.79 Å². The van der Waals surface area contributed by atoms with Gasteiger partial charge in [0.2, 0.25) is 0 Å². The zero-order valence-corrected chi connectivity index (χ0v) is 11.3. The Bertz CT molecular complexity index is 392. The lowest BCUT2D eigenvalue weighted by molar-refractivity contribution is 0.0783. The fourth-order valence-corrected chi connectivity index (χ4v) is 2.51. The van der Waals surface area contributed by atoms with E-state index in [2.05, 4.69) is 0 Å². The fraction of sp³-hybridized carbons (Fsp3) is 0.533. The van der Waals surface area contributed by atoms with Gasteiger partial charge in [0.15, 0.2) is 0 Å². The number of piperidine rings is 1. The summed E-state index contributed by atoms with van der Waals surface area (Å²) in [5.41, 5.74) is 6.60. The minimum atomic E-state index is -0.203. The standard InChI is InChI=1S/C15H22N2O2/c16-9-8-13-7-4-10-17(11-13)15(18)19-12-14-5-2-1-3-6-14/h1-3,5-6,13H,4,7-12,16H2. The molecule has 2 N–H and O–H groups in total. The molecule has 19 heavy (non-hydrogen) atoms. The number of hydrogen-bond donors (Lipinski definition) is 1. The van der Waals surface area contributed by atoms with Crippen LogP contribution in [0.1, 0.15) is 24.8 Å². The van der Waals surface area contributed by atoms with Gasteiger partial charge in [-0.25, -0.2) is 4.79 Å². The van der Waals surface area contributed by atoms with Crippen LogP contribution in [-0.2, 0) is 11.3 Å². The maximum atomic E-state index is 12.0. The first-order valence-corrected chi connectivity index (χ1v) is 6.95. The summed E-state index contributed by atoms with van der Waals surface area (Å²) < 4.78 is 5.35. The average Bonchev–Trinajstić information content (AvgIpc) is 2.46. The highest BCUT2D eigenvalue weighted by Crippen LogP contribution is 2.19. The molecule has 0 radical (unpaired) electrons. The van der Waals surface area contributed by atoms with Crippen molar-refractivity contribution in [3.63, 3.8) is 0 Å². The number of amides is 1. The van der Waals surface area contributed by atoms with Crippen molar-refractivity contribution in [1.82, 2.24) is 4.90 Å². The van der Waals surface area contributed by atoms with Crippen LogP contribution in [0, 0.1) is 5.92 Å². The number of carbonyl (C=O) groups excluding carboxylic acids is 1. The molecule has 0 bridgehead atoms. The summed E-state index contributed by atoms with van der Waals surface area (Å²) in [5, 5.41) is 0. The molecule has 1 saturated heterocycles. The second kappa shape index (κ2) is 7.14. The lowest BCUT2D eigenvalue weighted by atomic mass is 9.95. The highest BCUT2D eigenvalue weighted by atomic mass is 16.6. The van der Waals surface area contributed by atoms with E-state index in [1.807, 2.05) is 35.2 Å². The molecule has 0 aromatic heterocycles. The van der Waals surface area contributed by atoms with Crippen molar-refractivity contribution in [2.75, 3.05) is 19.6 Å². The average molecular weight is 262 g/mol. The number of rotatable bonds is 4. The zero-order valence-electron chi connectivity index (χ0n) is 11.3. The van der Waals surface area contributed by atoms with Crippen molar-refractivity contribution in [3.8, 4) is 0 Å². The Morgan fingerprint density at radius 1 is 1.37 bits per heavy atom. The second-order valence-electron chi connectivity index (χ2n) is 5.07. The second-order valence-corrected chi connectivity index (χ2v) is 5.07. The number of ether oxygens (including phenoxy) is 1. The SMILES string of the molecule is NCCC1CCCN(C(=O)OCc2ccccc2)C1. The predicted molar refractivity (Wildman–Crippen MR) is 74.6 cm³/mol. The van der Waals surface area contributed by atoms with Crippen molar-refractivity contribution in [3.05, 3.63) is 35.9 Å². The van der Waals surface area contributed by atoms with Crippen LogP contribution in [0.15, 0.2) is 30.3 Å². The molecule has 0 saturated carbocycles. The predicted octanol–water partition coefficient (Wildman–Crippen LogP) is 2.38. The summed E-state index contributed by atoms with van der Waals surface area (Å²) in [5.74, 6) is 0.531. The fourth-order valence-electron chi connectivity index (χ4n) is 2.51. The molecule has 1 aromatic rings. The van der Waals surface area contributed by atoms with Crippen LogP contribution in [-0.4, -0.2) is 30.6 Å². The molecular weight excluding hydrogens is 240 g/mol. The van der Waals surface area contributed by atoms with Crippen LogP contribution < -0.4 is 5.73 Å². The van der Waals surface area contributed by atoms with E-state index in [0.717, 1.165) is 31.5 Å². The van der Waals surface area contributed by atoms with Crippen LogP contribution in [0.4, 0.5) is 4.79 Å². The molecule has 4 heteroatoms. The Balaban J connectivity index is 1.79. The largest absolute Gasteiger partial charge is 0.445 e. The summed E-state index contributed by atoms with van der Waals surface area (Å²) in [4.78, 5) is 13.8. The Labute approximate surface area is 114 Å². The van der Waals surface area contributed by atoms with Gasteiger partial charge in [-0.2, -0.15) is 0 Å². The van der Waals surface area contributed by atoms with Crippen LogP contribution >= 0.6 is 0 Å². The molecule has 1 unspecified atom stereocenters. The summed E-state index contributed by atoms with van der Waals surface area (Å²) in [6.45, 7) is 2.62. The topological polar surface area (TPSA) is 55.6 Å². The first-order valence-electron chi connectivity index (χ1n) is 6.95. The van der Waals surface area contributed by atoms with E-state index in [0.29, 0.717) is 19.1 Å². The van der Waals surface area contributed by atoms with Gasteiger partial charge in [0.05, 0.1) is 0 Å². The Morgan fingerprint density at radius 2 is 2.16 bits per heavy atom. The Kier molecular flexibility index (Phi) is 5.21. The minimum Gasteiger partial charge on any atom is -0.445 e. The van der Waals surface area contributed by atoms with Gasteiger partial charge >= 0.3 is 6.09 Å². The van der Waals surface area contributed by atoms with E-state index in [1.165, 1.54) is 6.42 Å². The molecular formula is C15H22N2O2. The van der Waals surface area contributed by atoms with Crippen molar-refractivity contribution in [1.29, 1.82) is 0 Å². The molecule has 1 aliphatic rings. The number of carbonyl (C=O) groups is 1. The quantitative estimate of drug-likeness (QED) is 0.906. The lowest BCUT2D eigenvalue weighted by Crippen LogP contribution is -2.40. The van der Waals surface area contributed by atoms with Crippen LogP contribution in [0.25, 0.3) is 0 Å². The molecule has 1 aliphatic heterocycles. The van der Waals surface area contributed by atoms with Crippen molar-refractivity contribution < 1.29 is 9.53 Å².